The standard InChI is InChI=1S/C25H35N3O/c1-16-14-21(26)22(15-23(16)28-17(2)8-7-9-18(28)3)27-24(29)19-10-12-20(13-11-19)25(4,5)6/h10-15,17-18H,7-9,26H2,1-6H3,(H,27,29). The zero-order valence-corrected chi connectivity index (χ0v) is 18.7. The molecule has 0 spiro atoms. The summed E-state index contributed by atoms with van der Waals surface area (Å²) in [6, 6.07) is 12.8. The van der Waals surface area contributed by atoms with E-state index in [0.717, 1.165) is 11.3 Å². The normalized spacial score (nSPS) is 19.9. The van der Waals surface area contributed by atoms with Gasteiger partial charge in [-0.2, -0.15) is 0 Å². The maximum absolute atomic E-state index is 12.8. The van der Waals surface area contributed by atoms with E-state index in [1.54, 1.807) is 0 Å². The van der Waals surface area contributed by atoms with E-state index in [2.05, 4.69) is 51.8 Å². The molecule has 1 heterocycles. The van der Waals surface area contributed by atoms with Gasteiger partial charge in [-0.15, -0.1) is 0 Å². The average molecular weight is 394 g/mol. The van der Waals surface area contributed by atoms with Crippen molar-refractivity contribution < 1.29 is 4.79 Å². The Balaban J connectivity index is 1.86. The monoisotopic (exact) mass is 393 g/mol. The molecule has 0 bridgehead atoms. The van der Waals surface area contributed by atoms with Crippen molar-refractivity contribution in [3.8, 4) is 0 Å². The maximum Gasteiger partial charge on any atom is 0.255 e. The van der Waals surface area contributed by atoms with Gasteiger partial charge in [-0.25, -0.2) is 0 Å². The van der Waals surface area contributed by atoms with Crippen molar-refractivity contribution >= 4 is 23.0 Å². The van der Waals surface area contributed by atoms with E-state index < -0.39 is 0 Å². The van der Waals surface area contributed by atoms with Crippen LogP contribution in [0.2, 0.25) is 0 Å². The lowest BCUT2D eigenvalue weighted by molar-refractivity contribution is 0.102. The van der Waals surface area contributed by atoms with Crippen molar-refractivity contribution in [3.05, 3.63) is 53.1 Å². The molecule has 4 heteroatoms. The molecular weight excluding hydrogens is 358 g/mol. The number of carbonyl (C=O) groups excluding carboxylic acids is 1. The molecule has 3 N–H and O–H groups in total. The van der Waals surface area contributed by atoms with Crippen molar-refractivity contribution in [3.63, 3.8) is 0 Å². The predicted octanol–water partition coefficient (Wildman–Crippen LogP) is 5.89. The zero-order valence-electron chi connectivity index (χ0n) is 18.7. The molecule has 0 aromatic heterocycles. The van der Waals surface area contributed by atoms with Crippen LogP contribution < -0.4 is 16.0 Å². The highest BCUT2D eigenvalue weighted by Gasteiger charge is 2.26. The largest absolute Gasteiger partial charge is 0.397 e. The van der Waals surface area contributed by atoms with Gasteiger partial charge in [0.05, 0.1) is 11.4 Å². The van der Waals surface area contributed by atoms with Gasteiger partial charge in [-0.05, 0) is 80.8 Å². The van der Waals surface area contributed by atoms with Crippen LogP contribution in [0.5, 0.6) is 0 Å². The Labute approximate surface area is 175 Å². The second-order valence-electron chi connectivity index (χ2n) is 9.54. The van der Waals surface area contributed by atoms with Crippen LogP contribution in [0.1, 0.15) is 75.4 Å². The first kappa shape index (κ1) is 21.2. The van der Waals surface area contributed by atoms with Crippen LogP contribution in [0.4, 0.5) is 17.1 Å². The summed E-state index contributed by atoms with van der Waals surface area (Å²) in [5, 5.41) is 3.03. The molecule has 1 aliphatic heterocycles. The summed E-state index contributed by atoms with van der Waals surface area (Å²) in [4.78, 5) is 15.3. The fourth-order valence-electron chi connectivity index (χ4n) is 4.32. The van der Waals surface area contributed by atoms with Crippen molar-refractivity contribution in [2.45, 2.75) is 78.3 Å². The Kier molecular flexibility index (Phi) is 5.92. The van der Waals surface area contributed by atoms with Gasteiger partial charge in [0.15, 0.2) is 0 Å². The quantitative estimate of drug-likeness (QED) is 0.639. The highest BCUT2D eigenvalue weighted by molar-refractivity contribution is 6.06. The highest BCUT2D eigenvalue weighted by atomic mass is 16.1. The molecule has 2 unspecified atom stereocenters. The summed E-state index contributed by atoms with van der Waals surface area (Å²) in [5.74, 6) is -0.133. The molecule has 0 aliphatic carbocycles. The number of benzene rings is 2. The molecule has 2 aromatic carbocycles. The van der Waals surface area contributed by atoms with Crippen molar-refractivity contribution in [2.75, 3.05) is 16.0 Å². The second-order valence-corrected chi connectivity index (χ2v) is 9.54. The van der Waals surface area contributed by atoms with E-state index in [1.807, 2.05) is 36.4 Å². The number of hydrogen-bond acceptors (Lipinski definition) is 3. The minimum atomic E-state index is -0.133. The molecule has 0 radical (unpaired) electrons. The van der Waals surface area contributed by atoms with Gasteiger partial charge in [0.2, 0.25) is 0 Å². The molecule has 3 rings (SSSR count). The van der Waals surface area contributed by atoms with Crippen molar-refractivity contribution in [1.82, 2.24) is 0 Å². The number of hydrogen-bond donors (Lipinski definition) is 2. The van der Waals surface area contributed by atoms with Crippen LogP contribution in [0.15, 0.2) is 36.4 Å². The summed E-state index contributed by atoms with van der Waals surface area (Å²) in [6.45, 7) is 13.1. The summed E-state index contributed by atoms with van der Waals surface area (Å²) in [7, 11) is 0. The van der Waals surface area contributed by atoms with Gasteiger partial charge in [-0.3, -0.25) is 4.79 Å². The van der Waals surface area contributed by atoms with Crippen LogP contribution in [0.25, 0.3) is 0 Å². The van der Waals surface area contributed by atoms with Crippen LogP contribution in [-0.4, -0.2) is 18.0 Å². The topological polar surface area (TPSA) is 58.4 Å². The molecule has 2 aromatic rings. The minimum absolute atomic E-state index is 0.0626. The number of nitrogens with zero attached hydrogens (tertiary/aromatic N) is 1. The van der Waals surface area contributed by atoms with E-state index in [0.29, 0.717) is 29.0 Å². The summed E-state index contributed by atoms with van der Waals surface area (Å²) < 4.78 is 0. The Morgan fingerprint density at radius 1 is 1.07 bits per heavy atom. The first-order chi connectivity index (χ1) is 13.6. The Morgan fingerprint density at radius 2 is 1.66 bits per heavy atom. The van der Waals surface area contributed by atoms with Crippen LogP contribution in [0, 0.1) is 6.92 Å². The first-order valence-corrected chi connectivity index (χ1v) is 10.7. The lowest BCUT2D eigenvalue weighted by atomic mass is 9.86. The summed E-state index contributed by atoms with van der Waals surface area (Å²) >= 11 is 0. The number of aryl methyl sites for hydroxylation is 1. The van der Waals surface area contributed by atoms with Gasteiger partial charge >= 0.3 is 0 Å². The number of nitrogen functional groups attached to an aromatic ring is 1. The second kappa shape index (κ2) is 8.10. The highest BCUT2D eigenvalue weighted by Crippen LogP contribution is 2.36. The minimum Gasteiger partial charge on any atom is -0.397 e. The summed E-state index contributed by atoms with van der Waals surface area (Å²) in [5.41, 5.74) is 11.8. The van der Waals surface area contributed by atoms with Gasteiger partial charge in [0, 0.05) is 23.3 Å². The number of nitrogens with two attached hydrogens (primary N) is 1. The third-order valence-corrected chi connectivity index (χ3v) is 6.10. The molecule has 1 amide bonds. The lowest BCUT2D eigenvalue weighted by Gasteiger charge is -2.42. The van der Waals surface area contributed by atoms with Gasteiger partial charge in [0.1, 0.15) is 0 Å². The first-order valence-electron chi connectivity index (χ1n) is 10.7. The van der Waals surface area contributed by atoms with E-state index in [1.165, 1.54) is 24.8 Å². The number of amides is 1. The number of anilines is 3. The van der Waals surface area contributed by atoms with Crippen LogP contribution in [0.3, 0.4) is 0 Å². The number of piperidine rings is 1. The molecule has 1 fully saturated rings. The molecule has 2 atom stereocenters. The van der Waals surface area contributed by atoms with E-state index in [4.69, 9.17) is 5.73 Å². The molecule has 4 nitrogen and oxygen atoms in total. The molecule has 156 valence electrons. The fourth-order valence-corrected chi connectivity index (χ4v) is 4.32. The molecule has 0 saturated carbocycles. The Bertz CT molecular complexity index is 870. The molecule has 1 saturated heterocycles. The van der Waals surface area contributed by atoms with Crippen LogP contribution in [-0.2, 0) is 5.41 Å². The van der Waals surface area contributed by atoms with Crippen LogP contribution >= 0.6 is 0 Å². The van der Waals surface area contributed by atoms with Gasteiger partial charge in [0.25, 0.3) is 5.91 Å². The molecular formula is C25H35N3O. The van der Waals surface area contributed by atoms with Gasteiger partial charge < -0.3 is 16.0 Å². The van der Waals surface area contributed by atoms with Crippen molar-refractivity contribution in [1.29, 1.82) is 0 Å². The Hall–Kier alpha value is -2.49. The van der Waals surface area contributed by atoms with E-state index in [-0.39, 0.29) is 11.3 Å². The average Bonchev–Trinajstić information content (AvgIpc) is 2.64. The smallest absolute Gasteiger partial charge is 0.255 e. The fraction of sp³-hybridized carbons (Fsp3) is 0.480. The van der Waals surface area contributed by atoms with E-state index in [9.17, 15) is 4.79 Å². The molecule has 1 aliphatic rings. The maximum atomic E-state index is 12.8. The third kappa shape index (κ3) is 4.58. The number of carbonyl (C=O) groups is 1. The number of nitrogens with one attached hydrogen (secondary N) is 1. The zero-order chi connectivity index (χ0) is 21.3. The van der Waals surface area contributed by atoms with Crippen molar-refractivity contribution in [2.24, 2.45) is 0 Å². The lowest BCUT2D eigenvalue weighted by Crippen LogP contribution is -2.44. The van der Waals surface area contributed by atoms with E-state index >= 15 is 0 Å². The predicted molar refractivity (Wildman–Crippen MR) is 124 cm³/mol. The Morgan fingerprint density at radius 3 is 2.21 bits per heavy atom. The third-order valence-electron chi connectivity index (χ3n) is 6.10. The SMILES string of the molecule is Cc1cc(N)c(NC(=O)c2ccc(C(C)(C)C)cc2)cc1N1C(C)CCCC1C. The van der Waals surface area contributed by atoms with Gasteiger partial charge in [-0.1, -0.05) is 32.9 Å². The summed E-state index contributed by atoms with van der Waals surface area (Å²) in [6.07, 6.45) is 3.65. The molecule has 29 heavy (non-hydrogen) atoms. The number of rotatable bonds is 3.